The van der Waals surface area contributed by atoms with Gasteiger partial charge < -0.3 is 41.5 Å². The Kier molecular flexibility index (Phi) is 17.2. The average Bonchev–Trinajstić information content (AvgIpc) is 3.04. The van der Waals surface area contributed by atoms with Gasteiger partial charge in [-0.3, -0.25) is 24.5 Å². The number of amides is 3. The quantitative estimate of drug-likeness (QED) is 0.0502. The van der Waals surface area contributed by atoms with Gasteiger partial charge in [0, 0.05) is 17.8 Å². The molecule has 0 bridgehead atoms. The molecule has 0 heterocycles. The molecule has 0 radical (unpaired) electrons. The Balaban J connectivity index is 1.98. The van der Waals surface area contributed by atoms with Gasteiger partial charge in [-0.25, -0.2) is 9.59 Å². The first kappa shape index (κ1) is 43.5. The number of carboxylic acid groups (broad SMARTS) is 2. The Labute approximate surface area is 309 Å². The summed E-state index contributed by atoms with van der Waals surface area (Å²) in [4.78, 5) is 72.8. The van der Waals surface area contributed by atoms with E-state index in [0.29, 0.717) is 29.1 Å². The van der Waals surface area contributed by atoms with Crippen molar-refractivity contribution in [1.82, 2.24) is 16.0 Å². The summed E-state index contributed by atoms with van der Waals surface area (Å²) in [6.07, 6.45) is 1.75. The fourth-order valence-electron chi connectivity index (χ4n) is 5.24. The van der Waals surface area contributed by atoms with Crippen molar-refractivity contribution in [1.29, 1.82) is 0 Å². The second-order valence-electron chi connectivity index (χ2n) is 14.3. The first-order valence-corrected chi connectivity index (χ1v) is 17.3. The normalized spacial score (nSPS) is 13.2. The molecule has 16 nitrogen and oxygen atoms in total. The number of unbranched alkanes of at least 4 members (excludes halogenated alkanes) is 1. The molecule has 290 valence electrons. The summed E-state index contributed by atoms with van der Waals surface area (Å²) < 4.78 is 5.13. The Hall–Kier alpha value is -5.67. The molecule has 7 N–H and O–H groups in total. The number of nitrogens with one attached hydrogen (secondary N) is 5. The van der Waals surface area contributed by atoms with Gasteiger partial charge in [0.25, 0.3) is 6.20 Å². The molecule has 53 heavy (non-hydrogen) atoms. The third-order valence-electron chi connectivity index (χ3n) is 7.73. The molecule has 2 rings (SSSR count). The van der Waals surface area contributed by atoms with Crippen LogP contribution in [-0.4, -0.2) is 70.0 Å². The number of benzene rings is 2. The minimum absolute atomic E-state index is 0.0141. The zero-order valence-electron chi connectivity index (χ0n) is 31.1. The van der Waals surface area contributed by atoms with E-state index >= 15 is 0 Å². The maximum atomic E-state index is 13.2. The van der Waals surface area contributed by atoms with Crippen LogP contribution < -0.4 is 31.3 Å². The summed E-state index contributed by atoms with van der Waals surface area (Å²) in [6.45, 7) is 9.30. The van der Waals surface area contributed by atoms with E-state index in [9.17, 15) is 44.3 Å². The Bertz CT molecular complexity index is 1590. The third-order valence-corrected chi connectivity index (χ3v) is 7.73. The molecule has 0 aliphatic carbocycles. The summed E-state index contributed by atoms with van der Waals surface area (Å²) in [5, 5.41) is 44.2. The van der Waals surface area contributed by atoms with Gasteiger partial charge in [0.05, 0.1) is 18.5 Å². The van der Waals surface area contributed by atoms with Gasteiger partial charge in [0.2, 0.25) is 17.7 Å². The van der Waals surface area contributed by atoms with Crippen LogP contribution in [0, 0.1) is 21.4 Å². The number of aliphatic carboxylic acids is 2. The molecule has 0 saturated carbocycles. The molecular weight excluding hydrogens is 688 g/mol. The summed E-state index contributed by atoms with van der Waals surface area (Å²) in [5.41, 5.74) is 1.36. The highest BCUT2D eigenvalue weighted by atomic mass is 16.6. The number of ether oxygens (including phenoxy) is 1. The van der Waals surface area contributed by atoms with E-state index in [1.165, 1.54) is 7.11 Å². The van der Waals surface area contributed by atoms with Crippen molar-refractivity contribution in [3.63, 3.8) is 0 Å². The number of carbonyl (C=O) groups is 5. The van der Waals surface area contributed by atoms with E-state index in [-0.39, 0.29) is 61.6 Å². The lowest BCUT2D eigenvalue weighted by Gasteiger charge is -2.23. The summed E-state index contributed by atoms with van der Waals surface area (Å²) in [7, 11) is 1.53. The van der Waals surface area contributed by atoms with Crippen LogP contribution in [0.4, 0.5) is 11.4 Å². The van der Waals surface area contributed by atoms with Gasteiger partial charge in [-0.15, -0.1) is 0 Å². The van der Waals surface area contributed by atoms with Crippen molar-refractivity contribution < 1.29 is 43.8 Å². The van der Waals surface area contributed by atoms with Crippen molar-refractivity contribution in [2.75, 3.05) is 17.7 Å². The Morgan fingerprint density at radius 2 is 1.28 bits per heavy atom. The molecule has 0 aromatic heterocycles. The van der Waals surface area contributed by atoms with Crippen molar-refractivity contribution in [2.24, 2.45) is 11.3 Å². The molecule has 16 heteroatoms. The van der Waals surface area contributed by atoms with E-state index < -0.39 is 46.8 Å². The lowest BCUT2D eigenvalue weighted by molar-refractivity contribution is -0.403. The highest BCUT2D eigenvalue weighted by Crippen LogP contribution is 2.20. The summed E-state index contributed by atoms with van der Waals surface area (Å²) >= 11 is 0. The van der Waals surface area contributed by atoms with Crippen molar-refractivity contribution in [3.05, 3.63) is 76.2 Å². The lowest BCUT2D eigenvalue weighted by Crippen LogP contribution is -2.52. The molecule has 3 atom stereocenters. The maximum absolute atomic E-state index is 13.2. The largest absolute Gasteiger partial charge is 0.497 e. The van der Waals surface area contributed by atoms with Gasteiger partial charge in [-0.1, -0.05) is 59.6 Å². The van der Waals surface area contributed by atoms with Gasteiger partial charge in [0.15, 0.2) is 5.82 Å². The molecular formula is C37H52N6O10. The minimum atomic E-state index is -1.28. The second-order valence-corrected chi connectivity index (χ2v) is 14.3. The Morgan fingerprint density at radius 3 is 1.74 bits per heavy atom. The van der Waals surface area contributed by atoms with Crippen LogP contribution in [0.5, 0.6) is 5.75 Å². The highest BCUT2D eigenvalue weighted by molar-refractivity contribution is 5.91. The highest BCUT2D eigenvalue weighted by Gasteiger charge is 2.28. The molecule has 3 unspecified atom stereocenters. The summed E-state index contributed by atoms with van der Waals surface area (Å²) in [5.74, 6) is -3.28. The second kappa shape index (κ2) is 21.0. The predicted octanol–water partition coefficient (Wildman–Crippen LogP) is 4.50. The van der Waals surface area contributed by atoms with Crippen molar-refractivity contribution in [2.45, 2.75) is 97.7 Å². The van der Waals surface area contributed by atoms with E-state index in [1.807, 2.05) is 34.6 Å². The molecule has 0 aliphatic rings. The molecule has 2 aromatic rings. The van der Waals surface area contributed by atoms with Crippen LogP contribution >= 0.6 is 0 Å². The number of methoxy groups -OCH3 is 1. The van der Waals surface area contributed by atoms with Crippen LogP contribution in [0.1, 0.15) is 78.7 Å². The van der Waals surface area contributed by atoms with E-state index in [2.05, 4.69) is 26.6 Å². The fraction of sp³-hybridized carbons (Fsp3) is 0.486. The smallest absolute Gasteiger partial charge is 0.326 e. The van der Waals surface area contributed by atoms with Gasteiger partial charge in [0.1, 0.15) is 23.9 Å². The maximum Gasteiger partial charge on any atom is 0.326 e. The van der Waals surface area contributed by atoms with E-state index in [1.54, 1.807) is 48.5 Å². The van der Waals surface area contributed by atoms with Crippen LogP contribution in [0.25, 0.3) is 0 Å². The first-order chi connectivity index (χ1) is 24.8. The number of anilines is 2. The number of nitro groups is 1. The monoisotopic (exact) mass is 740 g/mol. The lowest BCUT2D eigenvalue weighted by atomic mass is 9.91. The van der Waals surface area contributed by atoms with E-state index in [4.69, 9.17) is 4.74 Å². The number of carboxylic acids is 2. The zero-order chi connectivity index (χ0) is 39.7. The molecule has 0 spiro atoms. The molecule has 2 aromatic carbocycles. The fourth-order valence-corrected chi connectivity index (χ4v) is 5.24. The average molecular weight is 741 g/mol. The van der Waals surface area contributed by atoms with Gasteiger partial charge in [-0.2, -0.15) is 0 Å². The topological polar surface area (TPSA) is 238 Å². The van der Waals surface area contributed by atoms with Crippen molar-refractivity contribution in [3.8, 4) is 5.75 Å². The van der Waals surface area contributed by atoms with Crippen LogP contribution in [0.15, 0.2) is 60.6 Å². The number of hydrogen-bond donors (Lipinski definition) is 7. The number of carbonyl (C=O) groups excluding carboxylic acids is 3. The van der Waals surface area contributed by atoms with Crippen molar-refractivity contribution >= 4 is 41.0 Å². The van der Waals surface area contributed by atoms with Gasteiger partial charge >= 0.3 is 11.9 Å². The SMILES string of the molecule is COc1ccc(N/C(=C/[N+](=O)[O-])Nc2ccc(CC(=O)NC(CC(C)C)C(=O)NC(CCCCC(NC(=O)CC(C)(C)C)C(=O)O)C(=O)O)cc2)cc1. The van der Waals surface area contributed by atoms with Gasteiger partial charge in [-0.05, 0) is 72.6 Å². The molecule has 0 fully saturated rings. The van der Waals surface area contributed by atoms with E-state index in [0.717, 1.165) is 6.20 Å². The Morgan fingerprint density at radius 1 is 0.792 bits per heavy atom. The number of nitrogens with zero attached hydrogens (tertiary/aromatic N) is 1. The summed E-state index contributed by atoms with van der Waals surface area (Å²) in [6, 6.07) is 9.97. The standard InChI is InChI=1S/C37H52N6O10/c1-23(2)19-30(34(46)42-29(36(49)50)10-8-7-9-28(35(47)48)40-33(45)21-37(3,4)5)41-32(44)20-24-11-13-25(14-12-24)38-31(22-43(51)52)39-26-15-17-27(53-6)18-16-26/h11-18,22-23,28-30,38-39H,7-10,19-21H2,1-6H3,(H,40,45)(H,41,44)(H,42,46)(H,47,48)(H,49,50)/b31-22+. The zero-order valence-corrected chi connectivity index (χ0v) is 31.1. The minimum Gasteiger partial charge on any atom is -0.497 e. The molecule has 0 aliphatic heterocycles. The first-order valence-electron chi connectivity index (χ1n) is 17.3. The van der Waals surface area contributed by atoms with Crippen LogP contribution in [-0.2, 0) is 30.4 Å². The molecule has 0 saturated heterocycles. The van der Waals surface area contributed by atoms with Crippen LogP contribution in [0.3, 0.4) is 0 Å². The number of rotatable bonds is 22. The third kappa shape index (κ3) is 17.4. The number of hydrogen-bond acceptors (Lipinski definition) is 10. The molecule has 3 amide bonds. The van der Waals surface area contributed by atoms with Crippen LogP contribution in [0.2, 0.25) is 0 Å². The predicted molar refractivity (Wildman–Crippen MR) is 199 cm³/mol.